The van der Waals surface area contributed by atoms with Crippen molar-refractivity contribution in [3.05, 3.63) is 83.6 Å². The van der Waals surface area contributed by atoms with Crippen LogP contribution in [0.1, 0.15) is 16.7 Å². The van der Waals surface area contributed by atoms with Gasteiger partial charge in [0.15, 0.2) is 0 Å². The highest BCUT2D eigenvalue weighted by molar-refractivity contribution is 5.92. The second-order valence-corrected chi connectivity index (χ2v) is 5.35. The third-order valence-electron chi connectivity index (χ3n) is 3.56. The van der Waals surface area contributed by atoms with E-state index in [0.29, 0.717) is 0 Å². The third-order valence-corrected chi connectivity index (χ3v) is 3.56. The summed E-state index contributed by atoms with van der Waals surface area (Å²) >= 11 is 0. The van der Waals surface area contributed by atoms with Crippen molar-refractivity contribution in [2.24, 2.45) is 0 Å². The van der Waals surface area contributed by atoms with Gasteiger partial charge in [-0.1, -0.05) is 54.1 Å². The predicted octanol–water partition coefficient (Wildman–Crippen LogP) is 4.30. The highest BCUT2D eigenvalue weighted by atomic mass is 16.5. The van der Waals surface area contributed by atoms with Gasteiger partial charge in [0.2, 0.25) is 0 Å². The first-order valence-corrected chi connectivity index (χ1v) is 7.46. The molecule has 0 atom stereocenters. The van der Waals surface area contributed by atoms with Gasteiger partial charge in [0.05, 0.1) is 5.52 Å². The molecule has 0 radical (unpaired) electrons. The van der Waals surface area contributed by atoms with Gasteiger partial charge in [0, 0.05) is 23.2 Å². The lowest BCUT2D eigenvalue weighted by atomic mass is 10.1. The molecule has 3 rings (SSSR count). The minimum Gasteiger partial charge on any atom is -0.458 e. The van der Waals surface area contributed by atoms with Crippen molar-refractivity contribution in [3.63, 3.8) is 0 Å². The smallest absolute Gasteiger partial charge is 0.331 e. The van der Waals surface area contributed by atoms with Gasteiger partial charge in [-0.25, -0.2) is 4.79 Å². The summed E-state index contributed by atoms with van der Waals surface area (Å²) in [6.07, 6.45) is 4.93. The van der Waals surface area contributed by atoms with Gasteiger partial charge in [-0.2, -0.15) is 0 Å². The number of para-hydroxylation sites is 1. The van der Waals surface area contributed by atoms with Crippen molar-refractivity contribution < 1.29 is 9.53 Å². The van der Waals surface area contributed by atoms with Crippen LogP contribution in [0.5, 0.6) is 0 Å². The van der Waals surface area contributed by atoms with Gasteiger partial charge >= 0.3 is 5.97 Å². The highest BCUT2D eigenvalue weighted by Crippen LogP contribution is 2.17. The van der Waals surface area contributed by atoms with Gasteiger partial charge in [-0.3, -0.25) is 4.98 Å². The molecule has 23 heavy (non-hydrogen) atoms. The van der Waals surface area contributed by atoms with E-state index in [4.69, 9.17) is 4.74 Å². The Morgan fingerprint density at radius 1 is 1.09 bits per heavy atom. The molecule has 0 amide bonds. The van der Waals surface area contributed by atoms with Crippen LogP contribution < -0.4 is 0 Å². The van der Waals surface area contributed by atoms with Crippen molar-refractivity contribution in [3.8, 4) is 0 Å². The maximum absolute atomic E-state index is 11.9. The fraction of sp³-hybridized carbons (Fsp3) is 0.100. The number of hydrogen-bond acceptors (Lipinski definition) is 3. The molecule has 0 aliphatic carbocycles. The van der Waals surface area contributed by atoms with Crippen LogP contribution in [-0.2, 0) is 16.1 Å². The predicted molar refractivity (Wildman–Crippen MR) is 91.8 cm³/mol. The topological polar surface area (TPSA) is 39.2 Å². The summed E-state index contributed by atoms with van der Waals surface area (Å²) in [7, 11) is 0. The molecule has 3 nitrogen and oxygen atoms in total. The first kappa shape index (κ1) is 15.0. The second-order valence-electron chi connectivity index (χ2n) is 5.35. The zero-order chi connectivity index (χ0) is 16.1. The first-order chi connectivity index (χ1) is 11.2. The Morgan fingerprint density at radius 2 is 1.87 bits per heavy atom. The van der Waals surface area contributed by atoms with Crippen LogP contribution >= 0.6 is 0 Å². The standard InChI is InChI=1S/C20H17NO2/c1-15-7-9-16(10-8-15)14-23-19(22)12-11-18-5-2-4-17-6-3-13-21-20(17)18/h2-13H,14H2,1H3/b12-11+. The van der Waals surface area contributed by atoms with E-state index in [2.05, 4.69) is 4.98 Å². The van der Waals surface area contributed by atoms with Crippen LogP contribution in [0.15, 0.2) is 66.9 Å². The summed E-state index contributed by atoms with van der Waals surface area (Å²) in [6, 6.07) is 17.7. The van der Waals surface area contributed by atoms with Crippen LogP contribution in [0.25, 0.3) is 17.0 Å². The number of rotatable bonds is 4. The Balaban J connectivity index is 1.67. The van der Waals surface area contributed by atoms with Crippen LogP contribution in [0, 0.1) is 6.92 Å². The van der Waals surface area contributed by atoms with E-state index < -0.39 is 0 Å². The molecule has 0 spiro atoms. The van der Waals surface area contributed by atoms with E-state index in [1.54, 1.807) is 12.3 Å². The Hall–Kier alpha value is -2.94. The van der Waals surface area contributed by atoms with Gasteiger partial charge in [-0.15, -0.1) is 0 Å². The Kier molecular flexibility index (Phi) is 4.48. The number of hydrogen-bond donors (Lipinski definition) is 0. The molecule has 3 aromatic rings. The van der Waals surface area contributed by atoms with E-state index in [1.165, 1.54) is 11.6 Å². The number of esters is 1. The largest absolute Gasteiger partial charge is 0.458 e. The molecule has 0 unspecified atom stereocenters. The van der Waals surface area contributed by atoms with E-state index in [0.717, 1.165) is 22.0 Å². The van der Waals surface area contributed by atoms with E-state index >= 15 is 0 Å². The number of aromatic nitrogens is 1. The van der Waals surface area contributed by atoms with Crippen molar-refractivity contribution in [2.75, 3.05) is 0 Å². The Bertz CT molecular complexity index is 846. The maximum atomic E-state index is 11.9. The second kappa shape index (κ2) is 6.88. The SMILES string of the molecule is Cc1ccc(COC(=O)/C=C/c2cccc3cccnc23)cc1. The van der Waals surface area contributed by atoms with Gasteiger partial charge in [0.1, 0.15) is 6.61 Å². The molecule has 0 N–H and O–H groups in total. The fourth-order valence-electron chi connectivity index (χ4n) is 2.31. The molecule has 2 aromatic carbocycles. The number of carbonyl (C=O) groups is 1. The number of benzene rings is 2. The molecule has 0 aliphatic heterocycles. The van der Waals surface area contributed by atoms with Gasteiger partial charge < -0.3 is 4.74 Å². The summed E-state index contributed by atoms with van der Waals surface area (Å²) < 4.78 is 5.26. The zero-order valence-electron chi connectivity index (χ0n) is 12.9. The summed E-state index contributed by atoms with van der Waals surface area (Å²) in [5.41, 5.74) is 3.93. The number of fused-ring (bicyclic) bond motifs is 1. The quantitative estimate of drug-likeness (QED) is 0.533. The molecular weight excluding hydrogens is 286 g/mol. The van der Waals surface area contributed by atoms with Crippen molar-refractivity contribution in [2.45, 2.75) is 13.5 Å². The van der Waals surface area contributed by atoms with Crippen LogP contribution in [0.2, 0.25) is 0 Å². The molecule has 114 valence electrons. The van der Waals surface area contributed by atoms with E-state index in [1.807, 2.05) is 61.5 Å². The van der Waals surface area contributed by atoms with Crippen molar-refractivity contribution in [1.29, 1.82) is 0 Å². The molecule has 1 heterocycles. The molecule has 3 heteroatoms. The summed E-state index contributed by atoms with van der Waals surface area (Å²) in [5.74, 6) is -0.362. The number of carbonyl (C=O) groups excluding carboxylic acids is 1. The number of ether oxygens (including phenoxy) is 1. The Morgan fingerprint density at radius 3 is 2.70 bits per heavy atom. The first-order valence-electron chi connectivity index (χ1n) is 7.46. The number of aryl methyl sites for hydroxylation is 1. The zero-order valence-corrected chi connectivity index (χ0v) is 12.9. The van der Waals surface area contributed by atoms with Gasteiger partial charge in [0.25, 0.3) is 0 Å². The van der Waals surface area contributed by atoms with Gasteiger partial charge in [-0.05, 0) is 24.6 Å². The minimum atomic E-state index is -0.362. The average molecular weight is 303 g/mol. The van der Waals surface area contributed by atoms with E-state index in [9.17, 15) is 4.79 Å². The summed E-state index contributed by atoms with van der Waals surface area (Å²) in [5, 5.41) is 1.04. The average Bonchev–Trinajstić information content (AvgIpc) is 2.59. The van der Waals surface area contributed by atoms with Crippen LogP contribution in [0.3, 0.4) is 0 Å². The molecule has 0 saturated heterocycles. The minimum absolute atomic E-state index is 0.275. The maximum Gasteiger partial charge on any atom is 0.331 e. The highest BCUT2D eigenvalue weighted by Gasteiger charge is 2.01. The summed E-state index contributed by atoms with van der Waals surface area (Å²) in [6.45, 7) is 2.30. The van der Waals surface area contributed by atoms with Crippen molar-refractivity contribution >= 4 is 22.9 Å². The molecular formula is C20H17NO2. The molecule has 0 aliphatic rings. The summed E-state index contributed by atoms with van der Waals surface area (Å²) in [4.78, 5) is 16.2. The lowest BCUT2D eigenvalue weighted by Crippen LogP contribution is -2.00. The molecule has 1 aromatic heterocycles. The lowest BCUT2D eigenvalue weighted by Gasteiger charge is -2.03. The van der Waals surface area contributed by atoms with E-state index in [-0.39, 0.29) is 12.6 Å². The lowest BCUT2D eigenvalue weighted by molar-refractivity contribution is -0.138. The Labute approximate surface area is 135 Å². The van der Waals surface area contributed by atoms with Crippen molar-refractivity contribution in [1.82, 2.24) is 4.98 Å². The third kappa shape index (κ3) is 3.83. The fourth-order valence-corrected chi connectivity index (χ4v) is 2.31. The normalized spacial score (nSPS) is 11.0. The monoisotopic (exact) mass is 303 g/mol. The molecule has 0 bridgehead atoms. The molecule has 0 saturated carbocycles. The number of nitrogens with zero attached hydrogens (tertiary/aromatic N) is 1. The number of pyridine rings is 1. The molecule has 0 fully saturated rings. The van der Waals surface area contributed by atoms with Crippen LogP contribution in [0.4, 0.5) is 0 Å². The van der Waals surface area contributed by atoms with Crippen LogP contribution in [-0.4, -0.2) is 11.0 Å².